The summed E-state index contributed by atoms with van der Waals surface area (Å²) in [7, 11) is 1.91. The highest BCUT2D eigenvalue weighted by atomic mass is 32.2. The number of nitrogens with one attached hydrogen (secondary N) is 1. The van der Waals surface area contributed by atoms with Crippen LogP contribution in [0.3, 0.4) is 0 Å². The summed E-state index contributed by atoms with van der Waals surface area (Å²) < 4.78 is 1.90. The Kier molecular flexibility index (Phi) is 4.95. The number of thioether (sulfide) groups is 1. The maximum absolute atomic E-state index is 12.3. The van der Waals surface area contributed by atoms with Gasteiger partial charge in [0.1, 0.15) is 0 Å². The molecule has 0 saturated heterocycles. The lowest BCUT2D eigenvalue weighted by molar-refractivity contribution is -0.120. The fourth-order valence-corrected chi connectivity index (χ4v) is 3.59. The van der Waals surface area contributed by atoms with Gasteiger partial charge in [0.2, 0.25) is 5.91 Å². The van der Waals surface area contributed by atoms with Crippen LogP contribution in [0.2, 0.25) is 0 Å². The van der Waals surface area contributed by atoms with Gasteiger partial charge in [-0.1, -0.05) is 24.6 Å². The average Bonchev–Trinajstić information content (AvgIpc) is 3.19. The number of hydrogen-bond donors (Lipinski definition) is 1. The molecule has 1 N–H and O–H groups in total. The summed E-state index contributed by atoms with van der Waals surface area (Å²) >= 11 is 1.43. The Morgan fingerprint density at radius 1 is 1.39 bits per heavy atom. The summed E-state index contributed by atoms with van der Waals surface area (Å²) in [5.41, 5.74) is 0.914. The lowest BCUT2D eigenvalue weighted by Crippen LogP contribution is -2.37. The van der Waals surface area contributed by atoms with Crippen molar-refractivity contribution in [3.05, 3.63) is 24.5 Å². The Morgan fingerprint density at radius 2 is 2.17 bits per heavy atom. The van der Waals surface area contributed by atoms with Crippen molar-refractivity contribution >= 4 is 17.7 Å². The van der Waals surface area contributed by atoms with Crippen molar-refractivity contribution in [2.45, 2.75) is 49.1 Å². The minimum absolute atomic E-state index is 0.0767. The van der Waals surface area contributed by atoms with Crippen LogP contribution >= 0.6 is 11.8 Å². The number of pyridine rings is 1. The van der Waals surface area contributed by atoms with Crippen LogP contribution in [-0.2, 0) is 11.8 Å². The van der Waals surface area contributed by atoms with Crippen LogP contribution in [0.1, 0.15) is 32.6 Å². The summed E-state index contributed by atoms with van der Waals surface area (Å²) in [4.78, 5) is 16.4. The Labute approximate surface area is 140 Å². The first kappa shape index (κ1) is 16.0. The normalized spacial score (nSPS) is 16.4. The molecule has 23 heavy (non-hydrogen) atoms. The standard InChI is InChI=1S/C16H21N5OS/c1-11(15(22)18-13-7-3-4-8-13)23-16-20-19-14(21(16)2)12-6-5-9-17-10-12/h5-6,9-11,13H,3-4,7-8H2,1-2H3,(H,18,22)/t11-/m0/s1. The fraction of sp³-hybridized carbons (Fsp3) is 0.500. The Balaban J connectivity index is 1.66. The van der Waals surface area contributed by atoms with Gasteiger partial charge in [0, 0.05) is 31.0 Å². The topological polar surface area (TPSA) is 72.7 Å². The molecular formula is C16H21N5OS. The second kappa shape index (κ2) is 7.12. The van der Waals surface area contributed by atoms with Crippen LogP contribution in [0.5, 0.6) is 0 Å². The molecule has 1 fully saturated rings. The van der Waals surface area contributed by atoms with Gasteiger partial charge in [-0.25, -0.2) is 0 Å². The molecule has 0 aliphatic heterocycles. The zero-order chi connectivity index (χ0) is 16.2. The summed E-state index contributed by atoms with van der Waals surface area (Å²) in [5, 5.41) is 12.1. The maximum atomic E-state index is 12.3. The molecule has 2 aromatic heterocycles. The molecule has 6 nitrogen and oxygen atoms in total. The van der Waals surface area contributed by atoms with Gasteiger partial charge in [0.25, 0.3) is 0 Å². The number of hydrogen-bond acceptors (Lipinski definition) is 5. The smallest absolute Gasteiger partial charge is 0.233 e. The number of aromatic nitrogens is 4. The molecule has 3 rings (SSSR count). The minimum atomic E-state index is -0.194. The quantitative estimate of drug-likeness (QED) is 0.852. The van der Waals surface area contributed by atoms with Crippen molar-refractivity contribution in [3.8, 4) is 11.4 Å². The minimum Gasteiger partial charge on any atom is -0.352 e. The van der Waals surface area contributed by atoms with Gasteiger partial charge in [0.15, 0.2) is 11.0 Å². The summed E-state index contributed by atoms with van der Waals surface area (Å²) in [6, 6.07) is 4.16. The molecule has 2 heterocycles. The number of amides is 1. The number of nitrogens with zero attached hydrogens (tertiary/aromatic N) is 4. The third kappa shape index (κ3) is 3.72. The van der Waals surface area contributed by atoms with Gasteiger partial charge >= 0.3 is 0 Å². The van der Waals surface area contributed by atoms with Crippen LogP contribution in [0.4, 0.5) is 0 Å². The van der Waals surface area contributed by atoms with E-state index in [0.29, 0.717) is 6.04 Å². The highest BCUT2D eigenvalue weighted by Crippen LogP contribution is 2.26. The molecule has 0 spiro atoms. The highest BCUT2D eigenvalue weighted by Gasteiger charge is 2.23. The van der Waals surface area contributed by atoms with Gasteiger partial charge in [0.05, 0.1) is 5.25 Å². The van der Waals surface area contributed by atoms with Crippen LogP contribution in [0, 0.1) is 0 Å². The van der Waals surface area contributed by atoms with E-state index in [2.05, 4.69) is 20.5 Å². The SMILES string of the molecule is C[C@H](Sc1nnc(-c2cccnc2)n1C)C(=O)NC1CCCC1. The molecule has 1 amide bonds. The third-order valence-electron chi connectivity index (χ3n) is 4.11. The van der Waals surface area contributed by atoms with Crippen molar-refractivity contribution in [1.82, 2.24) is 25.1 Å². The molecular weight excluding hydrogens is 310 g/mol. The van der Waals surface area contributed by atoms with Crippen molar-refractivity contribution in [3.63, 3.8) is 0 Å². The Bertz CT molecular complexity index is 666. The molecule has 1 saturated carbocycles. The predicted octanol–water partition coefficient (Wildman–Crippen LogP) is 2.42. The summed E-state index contributed by atoms with van der Waals surface area (Å²) in [6.07, 6.45) is 8.10. The molecule has 0 unspecified atom stereocenters. The Hall–Kier alpha value is -1.89. The van der Waals surface area contributed by atoms with E-state index in [9.17, 15) is 4.79 Å². The predicted molar refractivity (Wildman–Crippen MR) is 90.0 cm³/mol. The summed E-state index contributed by atoms with van der Waals surface area (Å²) in [6.45, 7) is 1.91. The number of carbonyl (C=O) groups is 1. The molecule has 1 aliphatic rings. The molecule has 0 aromatic carbocycles. The maximum Gasteiger partial charge on any atom is 0.233 e. The second-order valence-electron chi connectivity index (χ2n) is 5.86. The van der Waals surface area contributed by atoms with Crippen molar-refractivity contribution < 1.29 is 4.79 Å². The molecule has 7 heteroatoms. The average molecular weight is 331 g/mol. The van der Waals surface area contributed by atoms with E-state index in [1.165, 1.54) is 24.6 Å². The van der Waals surface area contributed by atoms with E-state index < -0.39 is 0 Å². The van der Waals surface area contributed by atoms with Gasteiger partial charge < -0.3 is 9.88 Å². The van der Waals surface area contributed by atoms with Gasteiger partial charge in [-0.05, 0) is 31.9 Å². The zero-order valence-corrected chi connectivity index (χ0v) is 14.2. The lowest BCUT2D eigenvalue weighted by Gasteiger charge is -2.15. The monoisotopic (exact) mass is 331 g/mol. The number of carbonyl (C=O) groups excluding carboxylic acids is 1. The van der Waals surface area contributed by atoms with Crippen molar-refractivity contribution in [2.75, 3.05) is 0 Å². The Morgan fingerprint density at radius 3 is 2.87 bits per heavy atom. The molecule has 1 atom stereocenters. The molecule has 2 aromatic rings. The zero-order valence-electron chi connectivity index (χ0n) is 13.4. The number of rotatable bonds is 5. The van der Waals surface area contributed by atoms with E-state index >= 15 is 0 Å². The lowest BCUT2D eigenvalue weighted by atomic mass is 10.2. The third-order valence-corrected chi connectivity index (χ3v) is 5.24. The van der Waals surface area contributed by atoms with Crippen molar-refractivity contribution in [2.24, 2.45) is 7.05 Å². The molecule has 122 valence electrons. The first-order chi connectivity index (χ1) is 11.1. The fourth-order valence-electron chi connectivity index (χ4n) is 2.76. The highest BCUT2D eigenvalue weighted by molar-refractivity contribution is 8.00. The second-order valence-corrected chi connectivity index (χ2v) is 7.16. The first-order valence-corrected chi connectivity index (χ1v) is 8.80. The van der Waals surface area contributed by atoms with Crippen LogP contribution < -0.4 is 5.32 Å². The molecule has 0 bridgehead atoms. The van der Waals surface area contributed by atoms with E-state index in [0.717, 1.165) is 29.4 Å². The first-order valence-electron chi connectivity index (χ1n) is 7.92. The van der Waals surface area contributed by atoms with Crippen LogP contribution in [0.15, 0.2) is 29.7 Å². The van der Waals surface area contributed by atoms with E-state index in [4.69, 9.17) is 0 Å². The van der Waals surface area contributed by atoms with E-state index in [1.54, 1.807) is 12.4 Å². The molecule has 1 aliphatic carbocycles. The van der Waals surface area contributed by atoms with Crippen LogP contribution in [-0.4, -0.2) is 36.9 Å². The van der Waals surface area contributed by atoms with Crippen LogP contribution in [0.25, 0.3) is 11.4 Å². The summed E-state index contributed by atoms with van der Waals surface area (Å²) in [5.74, 6) is 0.830. The van der Waals surface area contributed by atoms with E-state index in [1.807, 2.05) is 30.7 Å². The van der Waals surface area contributed by atoms with Gasteiger partial charge in [-0.15, -0.1) is 10.2 Å². The van der Waals surface area contributed by atoms with Gasteiger partial charge in [-0.2, -0.15) is 0 Å². The van der Waals surface area contributed by atoms with Crippen molar-refractivity contribution in [1.29, 1.82) is 0 Å². The van der Waals surface area contributed by atoms with E-state index in [-0.39, 0.29) is 11.2 Å². The van der Waals surface area contributed by atoms with Gasteiger partial charge in [-0.3, -0.25) is 9.78 Å². The molecule has 0 radical (unpaired) electrons. The largest absolute Gasteiger partial charge is 0.352 e.